The van der Waals surface area contributed by atoms with E-state index >= 15 is 0 Å². The lowest BCUT2D eigenvalue weighted by Gasteiger charge is -2.34. The molecule has 116 valence electrons. The molecule has 1 saturated heterocycles. The van der Waals surface area contributed by atoms with Crippen LogP contribution in [0.15, 0.2) is 18.2 Å². The van der Waals surface area contributed by atoms with Gasteiger partial charge in [-0.1, -0.05) is 0 Å². The SMILES string of the molecule is NCC1CCCCN1C(=O)c1n[nH]c2ccc([N+](=O)[O-])cc12. The molecule has 1 atom stereocenters. The highest BCUT2D eigenvalue weighted by molar-refractivity contribution is 6.05. The van der Waals surface area contributed by atoms with Gasteiger partial charge in [-0.15, -0.1) is 0 Å². The number of hydrogen-bond acceptors (Lipinski definition) is 5. The molecule has 8 nitrogen and oxygen atoms in total. The maximum absolute atomic E-state index is 12.7. The number of nitro benzene ring substituents is 1. The minimum absolute atomic E-state index is 0.00620. The average Bonchev–Trinajstić information content (AvgIpc) is 2.97. The Morgan fingerprint density at radius 1 is 1.50 bits per heavy atom. The number of H-pyrrole nitrogens is 1. The Balaban J connectivity index is 1.99. The van der Waals surface area contributed by atoms with Gasteiger partial charge in [0.2, 0.25) is 0 Å². The van der Waals surface area contributed by atoms with Crippen LogP contribution in [0.4, 0.5) is 5.69 Å². The molecule has 0 radical (unpaired) electrons. The number of nitro groups is 1. The first-order chi connectivity index (χ1) is 10.6. The number of aromatic nitrogens is 2. The van der Waals surface area contributed by atoms with Gasteiger partial charge < -0.3 is 10.6 Å². The zero-order valence-corrected chi connectivity index (χ0v) is 12.0. The fourth-order valence-electron chi connectivity index (χ4n) is 2.93. The minimum atomic E-state index is -0.482. The highest BCUT2D eigenvalue weighted by Gasteiger charge is 2.29. The number of carbonyl (C=O) groups is 1. The molecule has 1 aromatic carbocycles. The number of likely N-dealkylation sites (tertiary alicyclic amines) is 1. The lowest BCUT2D eigenvalue weighted by molar-refractivity contribution is -0.384. The molecule has 0 aliphatic carbocycles. The number of rotatable bonds is 3. The number of aromatic amines is 1. The maximum Gasteiger partial charge on any atom is 0.275 e. The first-order valence-electron chi connectivity index (χ1n) is 7.25. The van der Waals surface area contributed by atoms with Crippen LogP contribution in [0.5, 0.6) is 0 Å². The normalized spacial score (nSPS) is 18.6. The highest BCUT2D eigenvalue weighted by Crippen LogP contribution is 2.25. The standard InChI is InChI=1S/C14H17N5O3/c15-8-10-3-1-2-6-18(10)14(20)13-11-7-9(19(21)22)4-5-12(11)16-17-13/h4-5,7,10H,1-3,6,8,15H2,(H,16,17). The van der Waals surface area contributed by atoms with Crippen LogP contribution >= 0.6 is 0 Å². The van der Waals surface area contributed by atoms with Crippen molar-refractivity contribution in [3.8, 4) is 0 Å². The smallest absolute Gasteiger partial charge is 0.275 e. The van der Waals surface area contributed by atoms with E-state index < -0.39 is 4.92 Å². The van der Waals surface area contributed by atoms with Gasteiger partial charge in [0.25, 0.3) is 11.6 Å². The molecular weight excluding hydrogens is 286 g/mol. The van der Waals surface area contributed by atoms with E-state index in [-0.39, 0.29) is 23.3 Å². The summed E-state index contributed by atoms with van der Waals surface area (Å²) in [6.07, 6.45) is 2.87. The third-order valence-corrected chi connectivity index (χ3v) is 4.12. The summed E-state index contributed by atoms with van der Waals surface area (Å²) >= 11 is 0. The number of carbonyl (C=O) groups excluding carboxylic acids is 1. The molecule has 1 aromatic heterocycles. The molecule has 2 aromatic rings. The van der Waals surface area contributed by atoms with Gasteiger partial charge in [0.05, 0.1) is 10.4 Å². The van der Waals surface area contributed by atoms with E-state index in [1.165, 1.54) is 12.1 Å². The third kappa shape index (κ3) is 2.41. The van der Waals surface area contributed by atoms with Crippen molar-refractivity contribution >= 4 is 22.5 Å². The first kappa shape index (κ1) is 14.5. The Bertz CT molecular complexity index is 726. The summed E-state index contributed by atoms with van der Waals surface area (Å²) in [5.74, 6) is -0.220. The molecule has 8 heteroatoms. The molecule has 2 heterocycles. The number of nitrogens with two attached hydrogens (primary N) is 1. The number of nitrogens with one attached hydrogen (secondary N) is 1. The summed E-state index contributed by atoms with van der Waals surface area (Å²) in [5.41, 5.74) is 6.52. The van der Waals surface area contributed by atoms with Crippen LogP contribution in [-0.4, -0.2) is 45.1 Å². The molecule has 3 N–H and O–H groups in total. The summed E-state index contributed by atoms with van der Waals surface area (Å²) in [6, 6.07) is 4.34. The summed E-state index contributed by atoms with van der Waals surface area (Å²) in [7, 11) is 0. The number of non-ortho nitro benzene ring substituents is 1. The predicted octanol–water partition coefficient (Wildman–Crippen LogP) is 1.42. The van der Waals surface area contributed by atoms with Crippen LogP contribution in [0.3, 0.4) is 0 Å². The molecule has 1 aliphatic rings. The van der Waals surface area contributed by atoms with Crippen LogP contribution < -0.4 is 5.73 Å². The van der Waals surface area contributed by atoms with Crippen LogP contribution in [0, 0.1) is 10.1 Å². The largest absolute Gasteiger partial charge is 0.333 e. The van der Waals surface area contributed by atoms with Crippen LogP contribution in [0.2, 0.25) is 0 Å². The third-order valence-electron chi connectivity index (χ3n) is 4.12. The van der Waals surface area contributed by atoms with Gasteiger partial charge in [-0.05, 0) is 25.3 Å². The Morgan fingerprint density at radius 3 is 3.05 bits per heavy atom. The minimum Gasteiger partial charge on any atom is -0.333 e. The van der Waals surface area contributed by atoms with Crippen molar-refractivity contribution in [2.24, 2.45) is 5.73 Å². The predicted molar refractivity (Wildman–Crippen MR) is 80.5 cm³/mol. The van der Waals surface area contributed by atoms with E-state index in [1.807, 2.05) is 0 Å². The van der Waals surface area contributed by atoms with Crippen molar-refractivity contribution in [1.82, 2.24) is 15.1 Å². The van der Waals surface area contributed by atoms with E-state index in [0.29, 0.717) is 24.0 Å². The van der Waals surface area contributed by atoms with Crippen molar-refractivity contribution in [3.63, 3.8) is 0 Å². The molecule has 1 aliphatic heterocycles. The second kappa shape index (κ2) is 5.72. The van der Waals surface area contributed by atoms with Crippen molar-refractivity contribution in [2.75, 3.05) is 13.1 Å². The van der Waals surface area contributed by atoms with Gasteiger partial charge in [-0.3, -0.25) is 20.0 Å². The number of nitrogens with zero attached hydrogens (tertiary/aromatic N) is 3. The Kier molecular flexibility index (Phi) is 3.76. The first-order valence-corrected chi connectivity index (χ1v) is 7.25. The van der Waals surface area contributed by atoms with Gasteiger partial charge in [0.1, 0.15) is 0 Å². The van der Waals surface area contributed by atoms with Crippen LogP contribution in [-0.2, 0) is 0 Å². The van der Waals surface area contributed by atoms with Crippen LogP contribution in [0.25, 0.3) is 10.9 Å². The van der Waals surface area contributed by atoms with Gasteiger partial charge in [0, 0.05) is 36.7 Å². The Hall–Kier alpha value is -2.48. The Labute approximate surface area is 126 Å². The Morgan fingerprint density at radius 2 is 2.32 bits per heavy atom. The number of benzene rings is 1. The van der Waals surface area contributed by atoms with E-state index in [2.05, 4.69) is 10.2 Å². The van der Waals surface area contributed by atoms with Gasteiger partial charge in [0.15, 0.2) is 5.69 Å². The molecule has 22 heavy (non-hydrogen) atoms. The molecule has 1 fully saturated rings. The summed E-state index contributed by atoms with van der Waals surface area (Å²) < 4.78 is 0. The molecule has 1 amide bonds. The molecule has 0 spiro atoms. The summed E-state index contributed by atoms with van der Waals surface area (Å²) in [5, 5.41) is 18.2. The monoisotopic (exact) mass is 303 g/mol. The lowest BCUT2D eigenvalue weighted by atomic mass is 10.0. The number of hydrogen-bond donors (Lipinski definition) is 2. The van der Waals surface area contributed by atoms with Crippen molar-refractivity contribution in [3.05, 3.63) is 34.0 Å². The average molecular weight is 303 g/mol. The highest BCUT2D eigenvalue weighted by atomic mass is 16.6. The number of piperidine rings is 1. The fraction of sp³-hybridized carbons (Fsp3) is 0.429. The van der Waals surface area contributed by atoms with E-state index in [0.717, 1.165) is 19.3 Å². The van der Waals surface area contributed by atoms with Gasteiger partial charge in [-0.2, -0.15) is 5.10 Å². The van der Waals surface area contributed by atoms with Gasteiger partial charge in [-0.25, -0.2) is 0 Å². The van der Waals surface area contributed by atoms with Gasteiger partial charge >= 0.3 is 0 Å². The molecule has 0 saturated carbocycles. The van der Waals surface area contributed by atoms with Crippen molar-refractivity contribution < 1.29 is 9.72 Å². The van der Waals surface area contributed by atoms with E-state index in [4.69, 9.17) is 5.73 Å². The van der Waals surface area contributed by atoms with E-state index in [9.17, 15) is 14.9 Å². The second-order valence-electron chi connectivity index (χ2n) is 5.44. The maximum atomic E-state index is 12.7. The molecular formula is C14H17N5O3. The van der Waals surface area contributed by atoms with Crippen LogP contribution in [0.1, 0.15) is 29.8 Å². The lowest BCUT2D eigenvalue weighted by Crippen LogP contribution is -2.47. The number of fused-ring (bicyclic) bond motifs is 1. The zero-order chi connectivity index (χ0) is 15.7. The summed E-state index contributed by atoms with van der Waals surface area (Å²) in [6.45, 7) is 1.05. The quantitative estimate of drug-likeness (QED) is 0.656. The van der Waals surface area contributed by atoms with Crippen molar-refractivity contribution in [1.29, 1.82) is 0 Å². The summed E-state index contributed by atoms with van der Waals surface area (Å²) in [4.78, 5) is 24.9. The topological polar surface area (TPSA) is 118 Å². The second-order valence-corrected chi connectivity index (χ2v) is 5.44. The molecule has 3 rings (SSSR count). The zero-order valence-electron chi connectivity index (χ0n) is 12.0. The van der Waals surface area contributed by atoms with Crippen molar-refractivity contribution in [2.45, 2.75) is 25.3 Å². The fourth-order valence-corrected chi connectivity index (χ4v) is 2.93. The van der Waals surface area contributed by atoms with E-state index in [1.54, 1.807) is 11.0 Å². The molecule has 1 unspecified atom stereocenters. The molecule has 0 bridgehead atoms. The number of amides is 1.